The van der Waals surface area contributed by atoms with E-state index in [9.17, 15) is 0 Å². The van der Waals surface area contributed by atoms with Crippen LogP contribution in [-0.4, -0.2) is 38.3 Å². The number of nitrogens with zero attached hydrogens (tertiary/aromatic N) is 1. The molecule has 0 aliphatic carbocycles. The number of hydrogen-bond acceptors (Lipinski definition) is 3. The Morgan fingerprint density at radius 2 is 1.93 bits per heavy atom. The maximum Gasteiger partial charge on any atom is 0.123 e. The van der Waals surface area contributed by atoms with Crippen LogP contribution in [0.25, 0.3) is 10.8 Å². The minimum Gasteiger partial charge on any atom is -0.493 e. The van der Waals surface area contributed by atoms with Gasteiger partial charge in [0.2, 0.25) is 0 Å². The predicted octanol–water partition coefficient (Wildman–Crippen LogP) is 4.89. The van der Waals surface area contributed by atoms with E-state index in [2.05, 4.69) is 66.5 Å². The number of fused-ring (bicyclic) bond motifs is 4. The number of rotatable bonds is 4. The molecule has 2 atom stereocenters. The maximum absolute atomic E-state index is 6.13. The quantitative estimate of drug-likeness (QED) is 0.650. The number of likely N-dealkylation sites (tertiary alicyclic amines) is 1. The molecule has 3 nitrogen and oxygen atoms in total. The summed E-state index contributed by atoms with van der Waals surface area (Å²) < 4.78 is 12.1. The van der Waals surface area contributed by atoms with Gasteiger partial charge in [-0.05, 0) is 54.5 Å². The van der Waals surface area contributed by atoms with E-state index >= 15 is 0 Å². The summed E-state index contributed by atoms with van der Waals surface area (Å²) >= 11 is 0. The zero-order valence-electron chi connectivity index (χ0n) is 16.4. The molecule has 1 saturated heterocycles. The summed E-state index contributed by atoms with van der Waals surface area (Å²) in [5.74, 6) is 3.19. The Labute approximate surface area is 166 Å². The average molecular weight is 373 g/mol. The van der Waals surface area contributed by atoms with Gasteiger partial charge in [-0.15, -0.1) is 0 Å². The zero-order chi connectivity index (χ0) is 18.9. The third-order valence-electron chi connectivity index (χ3n) is 6.27. The molecule has 3 heteroatoms. The van der Waals surface area contributed by atoms with Crippen molar-refractivity contribution in [1.29, 1.82) is 0 Å². The largest absolute Gasteiger partial charge is 0.493 e. The van der Waals surface area contributed by atoms with Crippen molar-refractivity contribution in [2.24, 2.45) is 5.92 Å². The molecular formula is C25H27NO2. The normalized spacial score (nSPS) is 21.6. The first-order chi connectivity index (χ1) is 13.8. The minimum absolute atomic E-state index is 0.562. The number of ether oxygens (including phenoxy) is 2. The fourth-order valence-corrected chi connectivity index (χ4v) is 4.63. The van der Waals surface area contributed by atoms with E-state index in [0.29, 0.717) is 18.4 Å². The molecule has 28 heavy (non-hydrogen) atoms. The van der Waals surface area contributed by atoms with Gasteiger partial charge in [0.05, 0.1) is 13.2 Å². The molecule has 2 aliphatic rings. The van der Waals surface area contributed by atoms with Crippen molar-refractivity contribution >= 4 is 10.8 Å². The smallest absolute Gasteiger partial charge is 0.123 e. The molecule has 0 unspecified atom stereocenters. The van der Waals surface area contributed by atoms with Crippen molar-refractivity contribution in [2.45, 2.75) is 18.8 Å². The van der Waals surface area contributed by atoms with Gasteiger partial charge in [0.15, 0.2) is 0 Å². The molecular weight excluding hydrogens is 346 g/mol. The fraction of sp³-hybridized carbons (Fsp3) is 0.360. The molecule has 0 saturated carbocycles. The fourth-order valence-electron chi connectivity index (χ4n) is 4.63. The highest BCUT2D eigenvalue weighted by Gasteiger charge is 2.34. The van der Waals surface area contributed by atoms with Crippen LogP contribution in [0.4, 0.5) is 0 Å². The second-order valence-electron chi connectivity index (χ2n) is 8.21. The van der Waals surface area contributed by atoms with Crippen LogP contribution in [0.1, 0.15) is 23.5 Å². The van der Waals surface area contributed by atoms with Crippen molar-refractivity contribution in [3.05, 3.63) is 71.8 Å². The number of piperidine rings is 1. The third kappa shape index (κ3) is 3.47. The molecule has 144 valence electrons. The molecule has 0 spiro atoms. The molecule has 0 N–H and O–H groups in total. The van der Waals surface area contributed by atoms with Crippen LogP contribution in [0.15, 0.2) is 60.7 Å². The van der Waals surface area contributed by atoms with Crippen molar-refractivity contribution < 1.29 is 9.47 Å². The number of hydrogen-bond donors (Lipinski definition) is 0. The van der Waals surface area contributed by atoms with E-state index < -0.39 is 0 Å². The van der Waals surface area contributed by atoms with Gasteiger partial charge in [0.1, 0.15) is 11.5 Å². The maximum atomic E-state index is 6.13. The molecule has 0 radical (unpaired) electrons. The first-order valence-corrected chi connectivity index (χ1v) is 10.3. The van der Waals surface area contributed by atoms with Crippen LogP contribution < -0.4 is 9.47 Å². The van der Waals surface area contributed by atoms with Gasteiger partial charge in [-0.3, -0.25) is 0 Å². The molecule has 3 aromatic carbocycles. The Morgan fingerprint density at radius 1 is 1.04 bits per heavy atom. The van der Waals surface area contributed by atoms with Gasteiger partial charge in [0.25, 0.3) is 0 Å². The Morgan fingerprint density at radius 3 is 2.86 bits per heavy atom. The van der Waals surface area contributed by atoms with Crippen LogP contribution in [0.5, 0.6) is 11.5 Å². The molecule has 5 rings (SSSR count). The van der Waals surface area contributed by atoms with Gasteiger partial charge >= 0.3 is 0 Å². The van der Waals surface area contributed by atoms with Crippen molar-refractivity contribution in [3.63, 3.8) is 0 Å². The Balaban J connectivity index is 1.27. The van der Waals surface area contributed by atoms with Gasteiger partial charge in [0, 0.05) is 30.4 Å². The predicted molar refractivity (Wildman–Crippen MR) is 113 cm³/mol. The highest BCUT2D eigenvalue weighted by atomic mass is 16.5. The molecule has 0 amide bonds. The Bertz CT molecular complexity index is 983. The summed E-state index contributed by atoms with van der Waals surface area (Å²) in [7, 11) is 2.22. The summed E-state index contributed by atoms with van der Waals surface area (Å²) in [6, 6.07) is 21.5. The van der Waals surface area contributed by atoms with Crippen LogP contribution >= 0.6 is 0 Å². The van der Waals surface area contributed by atoms with E-state index in [1.54, 1.807) is 0 Å². The summed E-state index contributed by atoms with van der Waals surface area (Å²) in [5.41, 5.74) is 2.64. The number of likely N-dealkylation sites (N-methyl/N-ethyl adjacent to an activating group) is 1. The Kier molecular flexibility index (Phi) is 4.69. The van der Waals surface area contributed by atoms with Crippen molar-refractivity contribution in [2.75, 3.05) is 33.4 Å². The second-order valence-corrected chi connectivity index (χ2v) is 8.21. The van der Waals surface area contributed by atoms with E-state index in [1.165, 1.54) is 34.9 Å². The highest BCUT2D eigenvalue weighted by molar-refractivity contribution is 5.82. The highest BCUT2D eigenvalue weighted by Crippen LogP contribution is 2.42. The Hall–Kier alpha value is -2.52. The van der Waals surface area contributed by atoms with Crippen LogP contribution in [0.3, 0.4) is 0 Å². The van der Waals surface area contributed by atoms with Crippen LogP contribution in [-0.2, 0) is 6.42 Å². The van der Waals surface area contributed by atoms with Crippen LogP contribution in [0, 0.1) is 5.92 Å². The zero-order valence-corrected chi connectivity index (χ0v) is 16.4. The molecule has 3 aromatic rings. The summed E-state index contributed by atoms with van der Waals surface area (Å²) in [6.45, 7) is 3.82. The third-order valence-corrected chi connectivity index (χ3v) is 6.27. The SMILES string of the molecule is CN1CC[C@H]2COc3ccc(OCCc4ccc5ccccc5c4)cc3[C@H]2C1. The topological polar surface area (TPSA) is 21.7 Å². The van der Waals surface area contributed by atoms with Gasteiger partial charge in [-0.25, -0.2) is 0 Å². The van der Waals surface area contributed by atoms with E-state index in [-0.39, 0.29) is 0 Å². The lowest BCUT2D eigenvalue weighted by atomic mass is 9.79. The lowest BCUT2D eigenvalue weighted by Crippen LogP contribution is -2.41. The first-order valence-electron chi connectivity index (χ1n) is 10.3. The average Bonchev–Trinajstić information content (AvgIpc) is 2.73. The summed E-state index contributed by atoms with van der Waals surface area (Å²) in [4.78, 5) is 2.43. The monoisotopic (exact) mass is 373 g/mol. The van der Waals surface area contributed by atoms with Crippen molar-refractivity contribution in [1.82, 2.24) is 4.90 Å². The van der Waals surface area contributed by atoms with E-state index in [0.717, 1.165) is 31.1 Å². The van der Waals surface area contributed by atoms with E-state index in [1.807, 2.05) is 6.07 Å². The molecule has 2 aliphatic heterocycles. The van der Waals surface area contributed by atoms with Crippen molar-refractivity contribution in [3.8, 4) is 11.5 Å². The van der Waals surface area contributed by atoms with Gasteiger partial charge in [-0.2, -0.15) is 0 Å². The molecule has 0 aromatic heterocycles. The summed E-state index contributed by atoms with van der Waals surface area (Å²) in [5, 5.41) is 2.58. The molecule has 2 heterocycles. The summed E-state index contributed by atoms with van der Waals surface area (Å²) in [6.07, 6.45) is 2.13. The number of benzene rings is 3. The molecule has 0 bridgehead atoms. The lowest BCUT2D eigenvalue weighted by molar-refractivity contribution is 0.113. The molecule has 1 fully saturated rings. The lowest BCUT2D eigenvalue weighted by Gasteiger charge is -2.40. The van der Waals surface area contributed by atoms with E-state index in [4.69, 9.17) is 9.47 Å². The van der Waals surface area contributed by atoms with Gasteiger partial charge < -0.3 is 14.4 Å². The standard InChI is InChI=1S/C25H27NO2/c1-26-12-10-21-17-28-25-9-8-22(15-23(25)24(21)16-26)27-13-11-18-6-7-19-4-2-3-5-20(19)14-18/h2-9,14-15,21,24H,10-13,16-17H2,1H3/t21-,24-/m0/s1. The van der Waals surface area contributed by atoms with Gasteiger partial charge in [-0.1, -0.05) is 42.5 Å². The first kappa shape index (κ1) is 17.6. The minimum atomic E-state index is 0.562. The van der Waals surface area contributed by atoms with Crippen LogP contribution in [0.2, 0.25) is 0 Å². The second kappa shape index (κ2) is 7.48.